The van der Waals surface area contributed by atoms with Crippen LogP contribution in [0.5, 0.6) is 0 Å². The SMILES string of the molecule is CC(=O)Nc1ccc(Nc2cc(C3CC3)nc(NC3CCCCC3)n2)cc1. The second kappa shape index (κ2) is 7.94. The van der Waals surface area contributed by atoms with Gasteiger partial charge in [-0.05, 0) is 49.9 Å². The smallest absolute Gasteiger partial charge is 0.225 e. The van der Waals surface area contributed by atoms with Gasteiger partial charge < -0.3 is 16.0 Å². The summed E-state index contributed by atoms with van der Waals surface area (Å²) in [6.07, 6.45) is 8.73. The first kappa shape index (κ1) is 17.8. The number of aromatic nitrogens is 2. The maximum atomic E-state index is 11.1. The molecular weight excluding hydrogens is 338 g/mol. The lowest BCUT2D eigenvalue weighted by atomic mass is 9.96. The van der Waals surface area contributed by atoms with Crippen LogP contribution in [-0.4, -0.2) is 21.9 Å². The Labute approximate surface area is 160 Å². The van der Waals surface area contributed by atoms with Crippen LogP contribution < -0.4 is 16.0 Å². The number of amides is 1. The van der Waals surface area contributed by atoms with E-state index < -0.39 is 0 Å². The summed E-state index contributed by atoms with van der Waals surface area (Å²) in [7, 11) is 0. The molecule has 1 aromatic heterocycles. The molecule has 6 nitrogen and oxygen atoms in total. The zero-order chi connectivity index (χ0) is 18.6. The molecule has 2 aromatic rings. The molecule has 142 valence electrons. The van der Waals surface area contributed by atoms with Crippen molar-refractivity contribution in [1.29, 1.82) is 0 Å². The van der Waals surface area contributed by atoms with Gasteiger partial charge in [0, 0.05) is 36.3 Å². The third kappa shape index (κ3) is 4.96. The molecule has 0 atom stereocenters. The van der Waals surface area contributed by atoms with E-state index in [9.17, 15) is 4.79 Å². The number of carbonyl (C=O) groups is 1. The van der Waals surface area contributed by atoms with Crippen LogP contribution in [0.3, 0.4) is 0 Å². The second-order valence-corrected chi connectivity index (χ2v) is 7.64. The van der Waals surface area contributed by atoms with Crippen LogP contribution in [0.2, 0.25) is 0 Å². The minimum Gasteiger partial charge on any atom is -0.351 e. The Morgan fingerprint density at radius 3 is 2.33 bits per heavy atom. The quantitative estimate of drug-likeness (QED) is 0.685. The van der Waals surface area contributed by atoms with Gasteiger partial charge in [-0.3, -0.25) is 4.79 Å². The van der Waals surface area contributed by atoms with Gasteiger partial charge in [0.2, 0.25) is 11.9 Å². The van der Waals surface area contributed by atoms with Gasteiger partial charge in [0.1, 0.15) is 5.82 Å². The van der Waals surface area contributed by atoms with E-state index in [0.29, 0.717) is 12.0 Å². The predicted octanol–water partition coefficient (Wildman–Crippen LogP) is 4.80. The van der Waals surface area contributed by atoms with E-state index in [1.807, 2.05) is 24.3 Å². The van der Waals surface area contributed by atoms with E-state index in [0.717, 1.165) is 28.8 Å². The van der Waals surface area contributed by atoms with E-state index >= 15 is 0 Å². The maximum Gasteiger partial charge on any atom is 0.225 e. The van der Waals surface area contributed by atoms with Crippen molar-refractivity contribution >= 4 is 29.0 Å². The summed E-state index contributed by atoms with van der Waals surface area (Å²) in [6.45, 7) is 1.51. The predicted molar refractivity (Wildman–Crippen MR) is 109 cm³/mol. The van der Waals surface area contributed by atoms with Crippen LogP contribution in [0.25, 0.3) is 0 Å². The van der Waals surface area contributed by atoms with Gasteiger partial charge in [-0.2, -0.15) is 4.98 Å². The number of nitrogens with one attached hydrogen (secondary N) is 3. The Morgan fingerprint density at radius 1 is 0.963 bits per heavy atom. The first-order chi connectivity index (χ1) is 13.2. The highest BCUT2D eigenvalue weighted by atomic mass is 16.1. The van der Waals surface area contributed by atoms with Crippen LogP contribution in [0.1, 0.15) is 63.5 Å². The first-order valence-electron chi connectivity index (χ1n) is 9.96. The highest BCUT2D eigenvalue weighted by Crippen LogP contribution is 2.40. The lowest BCUT2D eigenvalue weighted by Gasteiger charge is -2.23. The standard InChI is InChI=1S/C21H27N5O/c1-14(27)22-17-9-11-18(12-10-17)23-20-13-19(15-7-8-15)25-21(26-20)24-16-5-3-2-4-6-16/h9-13,15-16H,2-8H2,1H3,(H,22,27)(H2,23,24,25,26). The molecule has 0 unspecified atom stereocenters. The summed E-state index contributed by atoms with van der Waals surface area (Å²) in [5.74, 6) is 2.06. The molecular formula is C21H27N5O. The Morgan fingerprint density at radius 2 is 1.67 bits per heavy atom. The molecule has 27 heavy (non-hydrogen) atoms. The molecule has 0 radical (unpaired) electrons. The van der Waals surface area contributed by atoms with Gasteiger partial charge >= 0.3 is 0 Å². The summed E-state index contributed by atoms with van der Waals surface area (Å²) < 4.78 is 0. The van der Waals surface area contributed by atoms with Crippen molar-refractivity contribution < 1.29 is 4.79 Å². The summed E-state index contributed by atoms with van der Waals surface area (Å²) in [5.41, 5.74) is 2.85. The summed E-state index contributed by atoms with van der Waals surface area (Å²) >= 11 is 0. The van der Waals surface area contributed by atoms with Crippen molar-refractivity contribution in [2.45, 2.75) is 63.8 Å². The van der Waals surface area contributed by atoms with Crippen molar-refractivity contribution in [3.05, 3.63) is 36.0 Å². The fourth-order valence-corrected chi connectivity index (χ4v) is 3.60. The van der Waals surface area contributed by atoms with Crippen molar-refractivity contribution in [1.82, 2.24) is 9.97 Å². The lowest BCUT2D eigenvalue weighted by Crippen LogP contribution is -2.23. The van der Waals surface area contributed by atoms with Crippen molar-refractivity contribution in [2.75, 3.05) is 16.0 Å². The Kier molecular flexibility index (Phi) is 5.23. The Bertz CT molecular complexity index is 795. The van der Waals surface area contributed by atoms with Crippen molar-refractivity contribution in [3.63, 3.8) is 0 Å². The molecule has 6 heteroatoms. The summed E-state index contributed by atoms with van der Waals surface area (Å²) in [6, 6.07) is 10.2. The van der Waals surface area contributed by atoms with Crippen LogP contribution in [0.4, 0.5) is 23.1 Å². The molecule has 4 rings (SSSR count). The number of nitrogens with zero attached hydrogens (tertiary/aromatic N) is 2. The zero-order valence-corrected chi connectivity index (χ0v) is 15.8. The third-order valence-electron chi connectivity index (χ3n) is 5.16. The van der Waals surface area contributed by atoms with Crippen LogP contribution in [0.15, 0.2) is 30.3 Å². The third-order valence-corrected chi connectivity index (χ3v) is 5.16. The topological polar surface area (TPSA) is 78.9 Å². The highest BCUT2D eigenvalue weighted by molar-refractivity contribution is 5.88. The van der Waals surface area contributed by atoms with Gasteiger partial charge in [-0.25, -0.2) is 4.98 Å². The van der Waals surface area contributed by atoms with E-state index in [1.165, 1.54) is 51.9 Å². The highest BCUT2D eigenvalue weighted by Gasteiger charge is 2.26. The molecule has 2 aliphatic rings. The van der Waals surface area contributed by atoms with Crippen molar-refractivity contribution in [3.8, 4) is 0 Å². The van der Waals surface area contributed by atoms with Gasteiger partial charge in [-0.15, -0.1) is 0 Å². The fourth-order valence-electron chi connectivity index (χ4n) is 3.60. The average Bonchev–Trinajstić information content (AvgIpc) is 3.49. The van der Waals surface area contributed by atoms with E-state index in [4.69, 9.17) is 9.97 Å². The monoisotopic (exact) mass is 365 g/mol. The molecule has 2 saturated carbocycles. The van der Waals surface area contributed by atoms with Crippen LogP contribution >= 0.6 is 0 Å². The molecule has 1 amide bonds. The number of carbonyl (C=O) groups excluding carboxylic acids is 1. The number of anilines is 4. The second-order valence-electron chi connectivity index (χ2n) is 7.64. The van der Waals surface area contributed by atoms with Gasteiger partial charge in [0.15, 0.2) is 0 Å². The minimum atomic E-state index is -0.0704. The Balaban J connectivity index is 1.49. The van der Waals surface area contributed by atoms with Crippen LogP contribution in [-0.2, 0) is 4.79 Å². The first-order valence-corrected chi connectivity index (χ1v) is 9.96. The molecule has 1 heterocycles. The molecule has 3 N–H and O–H groups in total. The number of hydrogen-bond donors (Lipinski definition) is 3. The summed E-state index contributed by atoms with van der Waals surface area (Å²) in [4.78, 5) is 20.6. The molecule has 2 aliphatic carbocycles. The number of benzene rings is 1. The molecule has 2 fully saturated rings. The zero-order valence-electron chi connectivity index (χ0n) is 15.8. The van der Waals surface area contributed by atoms with Crippen LogP contribution in [0, 0.1) is 0 Å². The largest absolute Gasteiger partial charge is 0.351 e. The minimum absolute atomic E-state index is 0.0704. The molecule has 0 spiro atoms. The molecule has 1 aromatic carbocycles. The van der Waals surface area contributed by atoms with Gasteiger partial charge in [-0.1, -0.05) is 19.3 Å². The fraction of sp³-hybridized carbons (Fsp3) is 0.476. The number of rotatable bonds is 6. The Hall–Kier alpha value is -2.63. The molecule has 0 bridgehead atoms. The van der Waals surface area contributed by atoms with Gasteiger partial charge in [0.25, 0.3) is 0 Å². The van der Waals surface area contributed by atoms with E-state index in [2.05, 4.69) is 22.0 Å². The van der Waals surface area contributed by atoms with E-state index in [1.54, 1.807) is 0 Å². The normalized spacial score (nSPS) is 17.4. The average molecular weight is 365 g/mol. The van der Waals surface area contributed by atoms with Crippen molar-refractivity contribution in [2.24, 2.45) is 0 Å². The molecule has 0 saturated heterocycles. The number of hydrogen-bond acceptors (Lipinski definition) is 5. The maximum absolute atomic E-state index is 11.1. The molecule has 0 aliphatic heterocycles. The lowest BCUT2D eigenvalue weighted by molar-refractivity contribution is -0.114. The van der Waals surface area contributed by atoms with Gasteiger partial charge in [0.05, 0.1) is 5.69 Å². The van der Waals surface area contributed by atoms with E-state index in [-0.39, 0.29) is 5.91 Å². The summed E-state index contributed by atoms with van der Waals surface area (Å²) in [5, 5.41) is 9.71.